The molecule has 2 N–H and O–H groups in total. The second kappa shape index (κ2) is 10.1. The highest BCUT2D eigenvalue weighted by atomic mass is 32.2. The third-order valence-electron chi connectivity index (χ3n) is 3.40. The van der Waals surface area contributed by atoms with Crippen LogP contribution in [-0.2, 0) is 4.74 Å². The molecule has 18 heavy (non-hydrogen) atoms. The minimum atomic E-state index is -0.453. The van der Waals surface area contributed by atoms with E-state index in [1.807, 2.05) is 11.8 Å². The highest BCUT2D eigenvalue weighted by molar-refractivity contribution is 7.99. The number of ether oxygens (including phenoxy) is 1. The lowest BCUT2D eigenvalue weighted by Crippen LogP contribution is -2.44. The van der Waals surface area contributed by atoms with Crippen LogP contribution in [0.15, 0.2) is 0 Å². The van der Waals surface area contributed by atoms with Crippen molar-refractivity contribution in [1.82, 2.24) is 5.23 Å². The number of rotatable bonds is 9. The van der Waals surface area contributed by atoms with E-state index in [4.69, 9.17) is 4.74 Å². The zero-order valence-electron chi connectivity index (χ0n) is 11.9. The van der Waals surface area contributed by atoms with Gasteiger partial charge >= 0.3 is 7.05 Å². The summed E-state index contributed by atoms with van der Waals surface area (Å²) in [5.74, 6) is 2.89. The molecule has 0 aliphatic heterocycles. The van der Waals surface area contributed by atoms with Gasteiger partial charge in [-0.25, -0.2) is 0 Å². The Morgan fingerprint density at radius 1 is 1.39 bits per heavy atom. The summed E-state index contributed by atoms with van der Waals surface area (Å²) in [5, 5.41) is 12.6. The molecule has 5 heteroatoms. The maximum absolute atomic E-state index is 9.39. The van der Waals surface area contributed by atoms with E-state index in [1.165, 1.54) is 32.1 Å². The second-order valence-corrected chi connectivity index (χ2v) is 6.56. The molecule has 0 unspecified atom stereocenters. The molecule has 1 rings (SSSR count). The van der Waals surface area contributed by atoms with Crippen LogP contribution < -0.4 is 5.23 Å². The van der Waals surface area contributed by atoms with E-state index in [0.717, 1.165) is 24.0 Å². The quantitative estimate of drug-likeness (QED) is 0.633. The summed E-state index contributed by atoms with van der Waals surface area (Å²) in [6, 6.07) is 0.263. The lowest BCUT2D eigenvalue weighted by molar-refractivity contribution is 0.0760. The fraction of sp³-hybridized carbons (Fsp3) is 1.00. The van der Waals surface area contributed by atoms with Crippen molar-refractivity contribution in [2.75, 3.05) is 24.7 Å². The molecule has 0 aromatic rings. The monoisotopic (exact) mass is 273 g/mol. The normalized spacial score (nSPS) is 18.8. The van der Waals surface area contributed by atoms with Crippen molar-refractivity contribution in [3.63, 3.8) is 0 Å². The summed E-state index contributed by atoms with van der Waals surface area (Å²) in [7, 11) is -0.453. The molecule has 3 nitrogen and oxygen atoms in total. The molecule has 0 heterocycles. The number of thioether (sulfide) groups is 1. The summed E-state index contributed by atoms with van der Waals surface area (Å²) in [5.41, 5.74) is 0. The van der Waals surface area contributed by atoms with Crippen LogP contribution in [0.3, 0.4) is 0 Å². The van der Waals surface area contributed by atoms with Crippen LogP contribution in [0.25, 0.3) is 0 Å². The molecule has 0 spiro atoms. The first-order valence-electron chi connectivity index (χ1n) is 7.32. The van der Waals surface area contributed by atoms with Gasteiger partial charge in [-0.2, -0.15) is 11.8 Å². The van der Waals surface area contributed by atoms with Gasteiger partial charge in [-0.05, 0) is 31.3 Å². The number of hydrogen-bond donors (Lipinski definition) is 2. The molecule has 1 aliphatic rings. The van der Waals surface area contributed by atoms with Crippen LogP contribution in [0.5, 0.6) is 0 Å². The SMILES string of the molecule is CCSC[C@@H](COCC1CCCCC1)NB(C)O. The molecular weight excluding hydrogens is 245 g/mol. The Hall–Kier alpha value is 0.295. The minimum absolute atomic E-state index is 0.263. The Balaban J connectivity index is 2.14. The summed E-state index contributed by atoms with van der Waals surface area (Å²) in [6.07, 6.45) is 6.80. The maximum Gasteiger partial charge on any atom is 0.373 e. The van der Waals surface area contributed by atoms with Crippen molar-refractivity contribution in [1.29, 1.82) is 0 Å². The Morgan fingerprint density at radius 3 is 2.72 bits per heavy atom. The fourth-order valence-electron chi connectivity index (χ4n) is 2.48. The van der Waals surface area contributed by atoms with E-state index in [-0.39, 0.29) is 6.04 Å². The van der Waals surface area contributed by atoms with Crippen LogP contribution in [0.4, 0.5) is 0 Å². The van der Waals surface area contributed by atoms with E-state index in [9.17, 15) is 5.02 Å². The Morgan fingerprint density at radius 2 is 2.11 bits per heavy atom. The number of nitrogens with one attached hydrogen (secondary N) is 1. The van der Waals surface area contributed by atoms with E-state index in [1.54, 1.807) is 6.82 Å². The second-order valence-electron chi connectivity index (χ2n) is 5.24. The largest absolute Gasteiger partial charge is 0.437 e. The van der Waals surface area contributed by atoms with Gasteiger partial charge in [0.05, 0.1) is 6.61 Å². The smallest absolute Gasteiger partial charge is 0.373 e. The summed E-state index contributed by atoms with van der Waals surface area (Å²) in [4.78, 5) is 0. The maximum atomic E-state index is 9.39. The number of hydrogen-bond acceptors (Lipinski definition) is 4. The van der Waals surface area contributed by atoms with E-state index in [0.29, 0.717) is 6.61 Å². The zero-order chi connectivity index (χ0) is 13.2. The average molecular weight is 273 g/mol. The van der Waals surface area contributed by atoms with Gasteiger partial charge in [0.25, 0.3) is 0 Å². The van der Waals surface area contributed by atoms with Crippen molar-refractivity contribution in [2.45, 2.75) is 51.9 Å². The summed E-state index contributed by atoms with van der Waals surface area (Å²) in [6.45, 7) is 5.54. The first kappa shape index (κ1) is 16.3. The van der Waals surface area contributed by atoms with Crippen molar-refractivity contribution in [3.05, 3.63) is 0 Å². The van der Waals surface area contributed by atoms with Gasteiger partial charge in [0, 0.05) is 18.4 Å². The first-order chi connectivity index (χ1) is 8.72. The third kappa shape index (κ3) is 7.67. The summed E-state index contributed by atoms with van der Waals surface area (Å²) >= 11 is 1.89. The molecular formula is C13H28BNO2S. The van der Waals surface area contributed by atoms with Gasteiger partial charge in [0.1, 0.15) is 0 Å². The molecule has 1 atom stereocenters. The summed E-state index contributed by atoms with van der Waals surface area (Å²) < 4.78 is 5.85. The van der Waals surface area contributed by atoms with Gasteiger partial charge < -0.3 is 15.0 Å². The van der Waals surface area contributed by atoms with Crippen molar-refractivity contribution < 1.29 is 9.76 Å². The average Bonchev–Trinajstić information content (AvgIpc) is 2.36. The molecule has 1 fully saturated rings. The Bertz CT molecular complexity index is 201. The first-order valence-corrected chi connectivity index (χ1v) is 8.47. The van der Waals surface area contributed by atoms with Gasteiger partial charge in [0.2, 0.25) is 0 Å². The molecule has 0 bridgehead atoms. The van der Waals surface area contributed by atoms with Crippen LogP contribution in [0, 0.1) is 5.92 Å². The van der Waals surface area contributed by atoms with Crippen molar-refractivity contribution >= 4 is 18.8 Å². The molecule has 0 radical (unpaired) electrons. The van der Waals surface area contributed by atoms with E-state index >= 15 is 0 Å². The van der Waals surface area contributed by atoms with Gasteiger partial charge in [0.15, 0.2) is 0 Å². The van der Waals surface area contributed by atoms with Gasteiger partial charge in [-0.3, -0.25) is 0 Å². The van der Waals surface area contributed by atoms with Gasteiger partial charge in [-0.15, -0.1) is 0 Å². The molecule has 1 aliphatic carbocycles. The minimum Gasteiger partial charge on any atom is -0.437 e. The van der Waals surface area contributed by atoms with Crippen molar-refractivity contribution in [3.8, 4) is 0 Å². The van der Waals surface area contributed by atoms with Gasteiger partial charge in [-0.1, -0.05) is 26.2 Å². The molecule has 0 saturated heterocycles. The fourth-order valence-corrected chi connectivity index (χ4v) is 3.19. The highest BCUT2D eigenvalue weighted by Gasteiger charge is 2.16. The van der Waals surface area contributed by atoms with Crippen molar-refractivity contribution in [2.24, 2.45) is 5.92 Å². The molecule has 0 amide bonds. The Kier molecular flexibility index (Phi) is 9.20. The predicted molar refractivity (Wildman–Crippen MR) is 81.2 cm³/mol. The zero-order valence-corrected chi connectivity index (χ0v) is 12.7. The standard InChI is InChI=1S/C13H28BNO2S/c1-3-18-11-13(15-14(2)16)10-17-9-12-7-5-4-6-8-12/h12-13,15-16H,3-11H2,1-2H3/t13-/m1/s1. The molecule has 1 saturated carbocycles. The topological polar surface area (TPSA) is 41.5 Å². The van der Waals surface area contributed by atoms with Crippen LogP contribution in [0.2, 0.25) is 6.82 Å². The lowest BCUT2D eigenvalue weighted by atomic mass is 9.87. The Labute approximate surface area is 117 Å². The third-order valence-corrected chi connectivity index (χ3v) is 4.44. The molecule has 0 aromatic carbocycles. The lowest BCUT2D eigenvalue weighted by Gasteiger charge is -2.24. The van der Waals surface area contributed by atoms with Crippen LogP contribution in [0.1, 0.15) is 39.0 Å². The molecule has 0 aromatic heterocycles. The van der Waals surface area contributed by atoms with E-state index < -0.39 is 7.05 Å². The molecule has 106 valence electrons. The van der Waals surface area contributed by atoms with E-state index in [2.05, 4.69) is 12.2 Å². The predicted octanol–water partition coefficient (Wildman–Crippen LogP) is 2.40. The van der Waals surface area contributed by atoms with Crippen LogP contribution >= 0.6 is 11.8 Å². The van der Waals surface area contributed by atoms with Crippen LogP contribution in [-0.4, -0.2) is 42.8 Å². The highest BCUT2D eigenvalue weighted by Crippen LogP contribution is 2.23.